The van der Waals surface area contributed by atoms with Crippen LogP contribution in [0.4, 0.5) is 11.6 Å². The molecule has 1 aromatic heterocycles. The van der Waals surface area contributed by atoms with Crippen molar-refractivity contribution in [3.63, 3.8) is 0 Å². The summed E-state index contributed by atoms with van der Waals surface area (Å²) in [4.78, 5) is 11.3. The molecule has 0 saturated carbocycles. The molecule has 0 bridgehead atoms. The molecular formula is C16H21N5. The maximum atomic E-state index is 5.55. The van der Waals surface area contributed by atoms with Gasteiger partial charge in [0.1, 0.15) is 17.5 Å². The molecule has 0 aliphatic carbocycles. The minimum atomic E-state index is 0.565. The molecule has 1 aliphatic rings. The number of nitrogens with zero attached hydrogens (tertiary/aromatic N) is 3. The molecule has 5 heteroatoms. The van der Waals surface area contributed by atoms with Crippen LogP contribution < -0.4 is 16.2 Å². The summed E-state index contributed by atoms with van der Waals surface area (Å²) in [6.45, 7) is 5.92. The van der Waals surface area contributed by atoms with E-state index in [-0.39, 0.29) is 0 Å². The highest BCUT2D eigenvalue weighted by Gasteiger charge is 2.26. The molecule has 5 nitrogen and oxygen atoms in total. The van der Waals surface area contributed by atoms with Gasteiger partial charge in [-0.05, 0) is 25.8 Å². The molecule has 1 aromatic carbocycles. The van der Waals surface area contributed by atoms with Gasteiger partial charge in [0.05, 0.1) is 0 Å². The van der Waals surface area contributed by atoms with E-state index in [2.05, 4.69) is 50.6 Å². The van der Waals surface area contributed by atoms with Crippen LogP contribution in [-0.4, -0.2) is 23.1 Å². The Morgan fingerprint density at radius 1 is 1.19 bits per heavy atom. The number of hydrogen-bond donors (Lipinski definition) is 2. The zero-order valence-electron chi connectivity index (χ0n) is 12.5. The van der Waals surface area contributed by atoms with Crippen LogP contribution in [-0.2, 0) is 0 Å². The van der Waals surface area contributed by atoms with Crippen molar-refractivity contribution in [2.24, 2.45) is 5.84 Å². The first kappa shape index (κ1) is 13.8. The van der Waals surface area contributed by atoms with Crippen molar-refractivity contribution in [2.45, 2.75) is 26.2 Å². The maximum absolute atomic E-state index is 5.55. The van der Waals surface area contributed by atoms with Crippen LogP contribution in [0.5, 0.6) is 0 Å². The second kappa shape index (κ2) is 5.69. The summed E-state index contributed by atoms with van der Waals surface area (Å²) in [6, 6.07) is 10.7. The third-order valence-electron chi connectivity index (χ3n) is 4.13. The lowest BCUT2D eigenvalue weighted by molar-refractivity contribution is 0.773. The van der Waals surface area contributed by atoms with Crippen LogP contribution in [0.2, 0.25) is 0 Å². The van der Waals surface area contributed by atoms with Gasteiger partial charge in [-0.25, -0.2) is 15.8 Å². The molecule has 21 heavy (non-hydrogen) atoms. The first-order valence-electron chi connectivity index (χ1n) is 7.31. The molecule has 3 N–H and O–H groups in total. The van der Waals surface area contributed by atoms with Gasteiger partial charge in [-0.1, -0.05) is 30.3 Å². The minimum Gasteiger partial charge on any atom is -0.356 e. The number of aromatic nitrogens is 2. The van der Waals surface area contributed by atoms with E-state index in [1.165, 1.54) is 5.56 Å². The smallest absolute Gasteiger partial charge is 0.148 e. The highest BCUT2D eigenvalue weighted by molar-refractivity contribution is 5.59. The van der Waals surface area contributed by atoms with E-state index in [0.717, 1.165) is 36.7 Å². The topological polar surface area (TPSA) is 67.1 Å². The summed E-state index contributed by atoms with van der Waals surface area (Å²) < 4.78 is 0. The fraction of sp³-hybridized carbons (Fsp3) is 0.375. The van der Waals surface area contributed by atoms with Crippen LogP contribution >= 0.6 is 0 Å². The molecule has 0 radical (unpaired) electrons. The summed E-state index contributed by atoms with van der Waals surface area (Å²) >= 11 is 0. The molecule has 110 valence electrons. The maximum Gasteiger partial charge on any atom is 0.148 e. The largest absolute Gasteiger partial charge is 0.356 e. The van der Waals surface area contributed by atoms with Gasteiger partial charge < -0.3 is 10.3 Å². The Bertz CT molecular complexity index is 626. The summed E-state index contributed by atoms with van der Waals surface area (Å²) in [5, 5.41) is 0. The minimum absolute atomic E-state index is 0.565. The quantitative estimate of drug-likeness (QED) is 0.668. The van der Waals surface area contributed by atoms with Crippen LogP contribution in [0.25, 0.3) is 0 Å². The predicted octanol–water partition coefficient (Wildman–Crippen LogP) is 2.37. The Labute approximate surface area is 125 Å². The second-order valence-corrected chi connectivity index (χ2v) is 5.55. The van der Waals surface area contributed by atoms with Gasteiger partial charge in [-0.3, -0.25) is 0 Å². The van der Waals surface area contributed by atoms with Crippen molar-refractivity contribution >= 4 is 11.6 Å². The van der Waals surface area contributed by atoms with Gasteiger partial charge >= 0.3 is 0 Å². The van der Waals surface area contributed by atoms with Crippen molar-refractivity contribution in [1.29, 1.82) is 0 Å². The fourth-order valence-electron chi connectivity index (χ4n) is 3.01. The average molecular weight is 283 g/mol. The first-order valence-corrected chi connectivity index (χ1v) is 7.31. The Morgan fingerprint density at radius 3 is 2.67 bits per heavy atom. The molecule has 1 fully saturated rings. The molecule has 0 amide bonds. The number of benzene rings is 1. The number of hydrogen-bond acceptors (Lipinski definition) is 5. The van der Waals surface area contributed by atoms with Crippen LogP contribution in [0.1, 0.15) is 29.3 Å². The number of aryl methyl sites for hydroxylation is 1. The lowest BCUT2D eigenvalue weighted by Gasteiger charge is -2.21. The summed E-state index contributed by atoms with van der Waals surface area (Å²) in [5.74, 6) is 8.56. The third-order valence-corrected chi connectivity index (χ3v) is 4.13. The Hall–Kier alpha value is -2.14. The van der Waals surface area contributed by atoms with Crippen molar-refractivity contribution in [1.82, 2.24) is 9.97 Å². The normalized spacial score (nSPS) is 18.0. The van der Waals surface area contributed by atoms with E-state index >= 15 is 0 Å². The second-order valence-electron chi connectivity index (χ2n) is 5.55. The van der Waals surface area contributed by atoms with Gasteiger partial charge in [0.2, 0.25) is 0 Å². The molecule has 1 aliphatic heterocycles. The zero-order chi connectivity index (χ0) is 14.8. The molecule has 2 aromatic rings. The van der Waals surface area contributed by atoms with E-state index in [0.29, 0.717) is 11.7 Å². The Morgan fingerprint density at radius 2 is 1.95 bits per heavy atom. The number of nitrogens with one attached hydrogen (secondary N) is 1. The number of nitrogens with two attached hydrogens (primary N) is 1. The average Bonchev–Trinajstić information content (AvgIpc) is 3.00. The Balaban J connectivity index is 1.85. The summed E-state index contributed by atoms with van der Waals surface area (Å²) in [5.41, 5.74) is 5.08. The van der Waals surface area contributed by atoms with E-state index in [9.17, 15) is 0 Å². The van der Waals surface area contributed by atoms with Gasteiger partial charge in [0, 0.05) is 24.6 Å². The van der Waals surface area contributed by atoms with Crippen LogP contribution in [0.3, 0.4) is 0 Å². The zero-order valence-corrected chi connectivity index (χ0v) is 12.5. The first-order chi connectivity index (χ1) is 10.2. The molecule has 2 heterocycles. The monoisotopic (exact) mass is 283 g/mol. The highest BCUT2D eigenvalue weighted by Crippen LogP contribution is 2.32. The number of hydrazine groups is 1. The third kappa shape index (κ3) is 2.69. The SMILES string of the molecule is Cc1nc(NN)c(C)c(N2CCC(c3ccccc3)C2)n1. The molecular weight excluding hydrogens is 262 g/mol. The van der Waals surface area contributed by atoms with Gasteiger partial charge in [0.15, 0.2) is 0 Å². The van der Waals surface area contributed by atoms with Crippen molar-refractivity contribution in [3.05, 3.63) is 47.3 Å². The van der Waals surface area contributed by atoms with E-state index in [4.69, 9.17) is 5.84 Å². The van der Waals surface area contributed by atoms with Crippen molar-refractivity contribution in [2.75, 3.05) is 23.4 Å². The van der Waals surface area contributed by atoms with Gasteiger partial charge in [-0.2, -0.15) is 0 Å². The number of nitrogen functional groups attached to an aromatic ring is 1. The standard InChI is InChI=1S/C16H21N5/c1-11-15(20-17)18-12(2)19-16(11)21-9-8-14(10-21)13-6-4-3-5-7-13/h3-7,14H,8-10,17H2,1-2H3,(H,18,19,20). The lowest BCUT2D eigenvalue weighted by Crippen LogP contribution is -2.23. The fourth-order valence-corrected chi connectivity index (χ4v) is 3.01. The van der Waals surface area contributed by atoms with Crippen molar-refractivity contribution in [3.8, 4) is 0 Å². The van der Waals surface area contributed by atoms with Crippen LogP contribution in [0, 0.1) is 13.8 Å². The number of anilines is 2. The summed E-state index contributed by atoms with van der Waals surface area (Å²) in [6.07, 6.45) is 1.15. The van der Waals surface area contributed by atoms with Gasteiger partial charge in [-0.15, -0.1) is 0 Å². The van der Waals surface area contributed by atoms with Gasteiger partial charge in [0.25, 0.3) is 0 Å². The lowest BCUT2D eigenvalue weighted by atomic mass is 9.99. The molecule has 1 unspecified atom stereocenters. The molecule has 3 rings (SSSR count). The Kier molecular flexibility index (Phi) is 3.75. The number of rotatable bonds is 3. The van der Waals surface area contributed by atoms with E-state index < -0.39 is 0 Å². The van der Waals surface area contributed by atoms with Crippen LogP contribution in [0.15, 0.2) is 30.3 Å². The molecule has 1 saturated heterocycles. The highest BCUT2D eigenvalue weighted by atomic mass is 15.3. The molecule has 0 spiro atoms. The molecule has 1 atom stereocenters. The van der Waals surface area contributed by atoms with E-state index in [1.807, 2.05) is 13.8 Å². The van der Waals surface area contributed by atoms with Crippen molar-refractivity contribution < 1.29 is 0 Å². The summed E-state index contributed by atoms with van der Waals surface area (Å²) in [7, 11) is 0. The van der Waals surface area contributed by atoms with E-state index in [1.54, 1.807) is 0 Å². The predicted molar refractivity (Wildman–Crippen MR) is 85.3 cm³/mol.